The number of ether oxygens (including phenoxy) is 1. The Kier molecular flexibility index (Phi) is 2.11. The van der Waals surface area contributed by atoms with E-state index < -0.39 is 0 Å². The first-order chi connectivity index (χ1) is 4.88. The third-order valence-corrected chi connectivity index (χ3v) is 1.30. The summed E-state index contributed by atoms with van der Waals surface area (Å²) in [5.41, 5.74) is 1.00. The zero-order chi connectivity index (χ0) is 7.40. The molecule has 10 heavy (non-hydrogen) atoms. The Morgan fingerprint density at radius 2 is 2.50 bits per heavy atom. The van der Waals surface area contributed by atoms with Gasteiger partial charge in [0, 0.05) is 5.56 Å². The molecule has 0 amide bonds. The number of methoxy groups -OCH3 is 1. The van der Waals surface area contributed by atoms with E-state index >= 15 is 0 Å². The number of rotatable bonds is 2. The Hall–Kier alpha value is -1.24. The van der Waals surface area contributed by atoms with Crippen molar-refractivity contribution < 1.29 is 4.74 Å². The molecular formula is C9H9O. The molecule has 0 atom stereocenters. The predicted molar refractivity (Wildman–Crippen MR) is 41.9 cm³/mol. The lowest BCUT2D eigenvalue weighted by atomic mass is 10.2. The molecule has 0 saturated carbocycles. The summed E-state index contributed by atoms with van der Waals surface area (Å²) in [6.07, 6.45) is 1.76. The Morgan fingerprint density at radius 1 is 1.70 bits per heavy atom. The first kappa shape index (κ1) is 6.87. The van der Waals surface area contributed by atoms with Crippen LogP contribution in [0.5, 0.6) is 5.75 Å². The van der Waals surface area contributed by atoms with Crippen molar-refractivity contribution in [2.45, 2.75) is 0 Å². The maximum absolute atomic E-state index is 5.03. The standard InChI is InChI=1S/C9H9O/c1-3-8-6-4-5-7-9(8)10-2/h3-4,6-7H,1H2,2H3. The molecule has 0 aliphatic heterocycles. The fourth-order valence-corrected chi connectivity index (χ4v) is 0.773. The Labute approximate surface area is 61.0 Å². The van der Waals surface area contributed by atoms with Gasteiger partial charge in [-0.05, 0) is 12.1 Å². The van der Waals surface area contributed by atoms with Crippen LogP contribution in [-0.2, 0) is 0 Å². The van der Waals surface area contributed by atoms with E-state index in [4.69, 9.17) is 4.74 Å². The first-order valence-electron chi connectivity index (χ1n) is 3.05. The van der Waals surface area contributed by atoms with Crippen molar-refractivity contribution >= 4 is 6.08 Å². The molecule has 0 heterocycles. The van der Waals surface area contributed by atoms with Crippen LogP contribution in [0.15, 0.2) is 24.8 Å². The maximum atomic E-state index is 5.03. The SMILES string of the molecule is C=Cc1cc[c]cc1OC. The molecule has 0 saturated heterocycles. The second kappa shape index (κ2) is 3.06. The number of hydrogen-bond acceptors (Lipinski definition) is 1. The molecular weight excluding hydrogens is 124 g/mol. The minimum atomic E-state index is 0.817. The highest BCUT2D eigenvalue weighted by Crippen LogP contribution is 2.16. The van der Waals surface area contributed by atoms with E-state index in [-0.39, 0.29) is 0 Å². The molecule has 51 valence electrons. The van der Waals surface area contributed by atoms with E-state index in [0.29, 0.717) is 0 Å². The second-order valence-electron chi connectivity index (χ2n) is 1.87. The van der Waals surface area contributed by atoms with Crippen LogP contribution in [0.4, 0.5) is 0 Å². The summed E-state index contributed by atoms with van der Waals surface area (Å²) < 4.78 is 5.03. The lowest BCUT2D eigenvalue weighted by molar-refractivity contribution is 0.414. The van der Waals surface area contributed by atoms with E-state index in [1.54, 1.807) is 19.3 Å². The van der Waals surface area contributed by atoms with E-state index in [9.17, 15) is 0 Å². The van der Waals surface area contributed by atoms with Crippen molar-refractivity contribution in [2.75, 3.05) is 7.11 Å². The topological polar surface area (TPSA) is 9.23 Å². The highest BCUT2D eigenvalue weighted by Gasteiger charge is 1.93. The molecule has 0 aliphatic carbocycles. The molecule has 0 bridgehead atoms. The Morgan fingerprint density at radius 3 is 3.00 bits per heavy atom. The summed E-state index contributed by atoms with van der Waals surface area (Å²) in [5, 5.41) is 0. The molecule has 1 heteroatoms. The summed E-state index contributed by atoms with van der Waals surface area (Å²) in [6, 6.07) is 8.44. The molecule has 0 N–H and O–H groups in total. The Balaban J connectivity index is 3.08. The molecule has 0 fully saturated rings. The predicted octanol–water partition coefficient (Wildman–Crippen LogP) is 2.14. The van der Waals surface area contributed by atoms with Gasteiger partial charge in [0.2, 0.25) is 0 Å². The fraction of sp³-hybridized carbons (Fsp3) is 0.111. The monoisotopic (exact) mass is 133 g/mol. The van der Waals surface area contributed by atoms with Gasteiger partial charge in [-0.15, -0.1) is 0 Å². The van der Waals surface area contributed by atoms with Gasteiger partial charge in [-0.2, -0.15) is 0 Å². The summed E-state index contributed by atoms with van der Waals surface area (Å²) in [4.78, 5) is 0. The van der Waals surface area contributed by atoms with Crippen molar-refractivity contribution in [3.63, 3.8) is 0 Å². The van der Waals surface area contributed by atoms with E-state index in [2.05, 4.69) is 12.6 Å². The fourth-order valence-electron chi connectivity index (χ4n) is 0.773. The van der Waals surface area contributed by atoms with Crippen molar-refractivity contribution in [1.82, 2.24) is 0 Å². The molecule has 1 aromatic carbocycles. The van der Waals surface area contributed by atoms with Gasteiger partial charge in [0.15, 0.2) is 0 Å². The summed E-state index contributed by atoms with van der Waals surface area (Å²) in [7, 11) is 1.64. The van der Waals surface area contributed by atoms with Crippen molar-refractivity contribution in [1.29, 1.82) is 0 Å². The zero-order valence-electron chi connectivity index (χ0n) is 5.92. The third-order valence-electron chi connectivity index (χ3n) is 1.30. The molecule has 0 unspecified atom stereocenters. The summed E-state index contributed by atoms with van der Waals surface area (Å²) in [5.74, 6) is 0.817. The van der Waals surface area contributed by atoms with Crippen LogP contribution in [0.25, 0.3) is 6.08 Å². The normalized spacial score (nSPS) is 8.90. The lowest BCUT2D eigenvalue weighted by Gasteiger charge is -2.01. The molecule has 0 aromatic heterocycles. The van der Waals surface area contributed by atoms with Crippen LogP contribution in [0.3, 0.4) is 0 Å². The molecule has 0 spiro atoms. The minimum absolute atomic E-state index is 0.817. The highest BCUT2D eigenvalue weighted by atomic mass is 16.5. The van der Waals surface area contributed by atoms with Gasteiger partial charge in [-0.1, -0.05) is 24.8 Å². The van der Waals surface area contributed by atoms with Crippen molar-refractivity contribution in [3.8, 4) is 5.75 Å². The van der Waals surface area contributed by atoms with Crippen LogP contribution in [-0.4, -0.2) is 7.11 Å². The minimum Gasteiger partial charge on any atom is -0.496 e. The highest BCUT2D eigenvalue weighted by molar-refractivity contribution is 5.54. The average Bonchev–Trinajstić information content (AvgIpc) is 2.04. The summed E-state index contributed by atoms with van der Waals surface area (Å²) >= 11 is 0. The van der Waals surface area contributed by atoms with Crippen LogP contribution in [0, 0.1) is 6.07 Å². The number of benzene rings is 1. The van der Waals surface area contributed by atoms with Crippen LogP contribution in [0.1, 0.15) is 5.56 Å². The van der Waals surface area contributed by atoms with Gasteiger partial charge < -0.3 is 4.74 Å². The average molecular weight is 133 g/mol. The van der Waals surface area contributed by atoms with E-state index in [1.165, 1.54) is 0 Å². The van der Waals surface area contributed by atoms with Crippen molar-refractivity contribution in [2.24, 2.45) is 0 Å². The van der Waals surface area contributed by atoms with E-state index in [1.807, 2.05) is 12.1 Å². The quantitative estimate of drug-likeness (QED) is 0.600. The van der Waals surface area contributed by atoms with E-state index in [0.717, 1.165) is 11.3 Å². The smallest absolute Gasteiger partial charge is 0.126 e. The Bertz CT molecular complexity index is 228. The molecule has 0 aliphatic rings. The number of hydrogen-bond donors (Lipinski definition) is 0. The molecule has 1 nitrogen and oxygen atoms in total. The lowest BCUT2D eigenvalue weighted by Crippen LogP contribution is -1.84. The largest absolute Gasteiger partial charge is 0.496 e. The van der Waals surface area contributed by atoms with Gasteiger partial charge in [-0.3, -0.25) is 0 Å². The van der Waals surface area contributed by atoms with Crippen LogP contribution >= 0.6 is 0 Å². The van der Waals surface area contributed by atoms with Gasteiger partial charge in [0.1, 0.15) is 5.75 Å². The van der Waals surface area contributed by atoms with Gasteiger partial charge in [0.05, 0.1) is 7.11 Å². The second-order valence-corrected chi connectivity index (χ2v) is 1.87. The first-order valence-corrected chi connectivity index (χ1v) is 3.05. The summed E-state index contributed by atoms with van der Waals surface area (Å²) in [6.45, 7) is 3.65. The molecule has 1 aromatic rings. The van der Waals surface area contributed by atoms with Gasteiger partial charge in [0.25, 0.3) is 0 Å². The zero-order valence-corrected chi connectivity index (χ0v) is 5.92. The van der Waals surface area contributed by atoms with Crippen LogP contribution < -0.4 is 4.74 Å². The molecule has 1 rings (SSSR count). The van der Waals surface area contributed by atoms with Gasteiger partial charge >= 0.3 is 0 Å². The maximum Gasteiger partial charge on any atom is 0.126 e. The third kappa shape index (κ3) is 1.18. The van der Waals surface area contributed by atoms with Crippen LogP contribution in [0.2, 0.25) is 0 Å². The van der Waals surface area contributed by atoms with Gasteiger partial charge in [-0.25, -0.2) is 0 Å². The van der Waals surface area contributed by atoms with Crippen molar-refractivity contribution in [3.05, 3.63) is 36.4 Å². The molecule has 1 radical (unpaired) electrons.